The molecule has 10 nitrogen and oxygen atoms in total. The van der Waals surface area contributed by atoms with Gasteiger partial charge in [0, 0.05) is 12.6 Å². The van der Waals surface area contributed by atoms with E-state index in [4.69, 9.17) is 9.26 Å². The van der Waals surface area contributed by atoms with Crippen LogP contribution in [0.5, 0.6) is 0 Å². The molecule has 0 aromatic carbocycles. The molecule has 3 aromatic heterocycles. The van der Waals surface area contributed by atoms with Gasteiger partial charge in [0.25, 0.3) is 5.89 Å². The molecular weight excluding hydrogens is 316 g/mol. The summed E-state index contributed by atoms with van der Waals surface area (Å²) in [4.78, 5) is 21.7. The highest BCUT2D eigenvalue weighted by Gasteiger charge is 2.36. The molecule has 1 aliphatic rings. The van der Waals surface area contributed by atoms with Crippen molar-refractivity contribution in [1.29, 1.82) is 0 Å². The molecule has 24 heavy (non-hydrogen) atoms. The number of ether oxygens (including phenoxy) is 1. The van der Waals surface area contributed by atoms with E-state index in [0.717, 1.165) is 0 Å². The fraction of sp³-hybridized carbons (Fsp3) is 0.357. The minimum Gasteiger partial charge on any atom is -0.377 e. The van der Waals surface area contributed by atoms with Gasteiger partial charge in [0.15, 0.2) is 5.82 Å². The zero-order chi connectivity index (χ0) is 16.7. The Morgan fingerprint density at radius 1 is 1.38 bits per heavy atom. The van der Waals surface area contributed by atoms with Gasteiger partial charge in [-0.3, -0.25) is 0 Å². The van der Waals surface area contributed by atoms with Crippen LogP contribution in [-0.4, -0.2) is 44.2 Å². The Kier molecular flexibility index (Phi) is 3.38. The first kappa shape index (κ1) is 14.6. The van der Waals surface area contributed by atoms with E-state index >= 15 is 0 Å². The number of aryl methyl sites for hydroxylation is 1. The van der Waals surface area contributed by atoms with E-state index in [1.54, 1.807) is 36.2 Å². The van der Waals surface area contributed by atoms with Crippen molar-refractivity contribution < 1.29 is 14.2 Å². The van der Waals surface area contributed by atoms with E-state index in [2.05, 4.69) is 15.1 Å². The summed E-state index contributed by atoms with van der Waals surface area (Å²) in [6, 6.07) is 4.82. The second-order valence-corrected chi connectivity index (χ2v) is 5.41. The number of nitrogens with zero attached hydrogens (tertiary/aromatic N) is 6. The van der Waals surface area contributed by atoms with Crippen molar-refractivity contribution in [2.75, 3.05) is 24.7 Å². The molecule has 1 aliphatic heterocycles. The van der Waals surface area contributed by atoms with Crippen LogP contribution < -0.4 is 4.90 Å². The van der Waals surface area contributed by atoms with Crippen LogP contribution in [0.2, 0.25) is 0 Å². The lowest BCUT2D eigenvalue weighted by atomic mass is 10.2. The van der Waals surface area contributed by atoms with Crippen LogP contribution in [0.25, 0.3) is 5.65 Å². The van der Waals surface area contributed by atoms with Crippen LogP contribution in [0.1, 0.15) is 17.8 Å². The fourth-order valence-electron chi connectivity index (χ4n) is 2.84. The third-order valence-corrected chi connectivity index (χ3v) is 3.89. The van der Waals surface area contributed by atoms with Crippen molar-refractivity contribution in [1.82, 2.24) is 19.5 Å². The molecule has 4 heterocycles. The van der Waals surface area contributed by atoms with Gasteiger partial charge in [0.2, 0.25) is 11.5 Å². The summed E-state index contributed by atoms with van der Waals surface area (Å²) in [7, 11) is 0. The summed E-state index contributed by atoms with van der Waals surface area (Å²) in [5, 5.41) is 15.4. The quantitative estimate of drug-likeness (QED) is 0.525. The van der Waals surface area contributed by atoms with Gasteiger partial charge < -0.3 is 24.3 Å². The Morgan fingerprint density at radius 3 is 3.00 bits per heavy atom. The lowest BCUT2D eigenvalue weighted by molar-refractivity contribution is -0.389. The summed E-state index contributed by atoms with van der Waals surface area (Å²) in [5.41, 5.74) is 0.506. The first-order valence-corrected chi connectivity index (χ1v) is 7.41. The van der Waals surface area contributed by atoms with E-state index in [-0.39, 0.29) is 11.6 Å². The summed E-state index contributed by atoms with van der Waals surface area (Å²) >= 11 is 0. The van der Waals surface area contributed by atoms with Gasteiger partial charge in [-0.15, -0.1) is 0 Å². The zero-order valence-corrected chi connectivity index (χ0v) is 12.8. The maximum atomic E-state index is 11.6. The number of aromatic nitrogens is 4. The molecule has 1 atom stereocenters. The molecule has 0 radical (unpaired) electrons. The lowest BCUT2D eigenvalue weighted by Crippen LogP contribution is -2.40. The highest BCUT2D eigenvalue weighted by atomic mass is 16.6. The zero-order valence-electron chi connectivity index (χ0n) is 12.8. The molecule has 3 aromatic rings. The molecule has 0 bridgehead atoms. The molecule has 124 valence electrons. The predicted molar refractivity (Wildman–Crippen MR) is 81.8 cm³/mol. The van der Waals surface area contributed by atoms with Gasteiger partial charge in [0.1, 0.15) is 6.04 Å². The van der Waals surface area contributed by atoms with Crippen LogP contribution in [0.3, 0.4) is 0 Å². The second kappa shape index (κ2) is 5.57. The van der Waals surface area contributed by atoms with Crippen LogP contribution >= 0.6 is 0 Å². The third kappa shape index (κ3) is 2.27. The molecule has 0 N–H and O–H groups in total. The summed E-state index contributed by atoms with van der Waals surface area (Å²) in [6.45, 7) is 2.90. The van der Waals surface area contributed by atoms with Crippen molar-refractivity contribution in [2.45, 2.75) is 13.0 Å². The molecule has 0 unspecified atom stereocenters. The third-order valence-electron chi connectivity index (χ3n) is 3.89. The van der Waals surface area contributed by atoms with Gasteiger partial charge >= 0.3 is 5.82 Å². The first-order chi connectivity index (χ1) is 11.6. The fourth-order valence-corrected chi connectivity index (χ4v) is 2.84. The van der Waals surface area contributed by atoms with E-state index < -0.39 is 11.0 Å². The summed E-state index contributed by atoms with van der Waals surface area (Å²) < 4.78 is 12.2. The van der Waals surface area contributed by atoms with Gasteiger partial charge in [-0.2, -0.15) is 14.4 Å². The van der Waals surface area contributed by atoms with E-state index in [1.807, 2.05) is 0 Å². The average molecular weight is 330 g/mol. The molecule has 10 heteroatoms. The number of nitro groups is 1. The number of pyridine rings is 1. The van der Waals surface area contributed by atoms with Gasteiger partial charge in [-0.05, 0) is 17.9 Å². The summed E-state index contributed by atoms with van der Waals surface area (Å²) in [5.74, 6) is 1.04. The van der Waals surface area contributed by atoms with E-state index in [0.29, 0.717) is 37.1 Å². The molecule has 4 rings (SSSR count). The van der Waals surface area contributed by atoms with Crippen LogP contribution in [0.4, 0.5) is 11.6 Å². The standard InChI is InChI=1S/C14H14N6O4/c1-9-15-13(24-17-9)10-8-23-7-6-18(10)12-14(20(21)22)19-5-3-2-4-11(19)16-12/h2-5,10H,6-8H2,1H3/t10-/m0/s1. The average Bonchev–Trinajstić information content (AvgIpc) is 3.18. The Morgan fingerprint density at radius 2 is 2.25 bits per heavy atom. The minimum atomic E-state index is -0.430. The maximum absolute atomic E-state index is 11.6. The number of anilines is 1. The molecule has 1 fully saturated rings. The monoisotopic (exact) mass is 330 g/mol. The Bertz CT molecular complexity index is 904. The lowest BCUT2D eigenvalue weighted by Gasteiger charge is -2.32. The SMILES string of the molecule is Cc1noc([C@@H]2COCCN2c2nc3ccccn3c2[N+](=O)[O-])n1. The number of rotatable bonds is 3. The highest BCUT2D eigenvalue weighted by Crippen LogP contribution is 2.35. The van der Waals surface area contributed by atoms with Crippen LogP contribution in [0, 0.1) is 17.0 Å². The molecule has 0 spiro atoms. The van der Waals surface area contributed by atoms with Crippen LogP contribution in [-0.2, 0) is 4.74 Å². The molecule has 0 amide bonds. The van der Waals surface area contributed by atoms with Crippen molar-refractivity contribution in [2.24, 2.45) is 0 Å². The largest absolute Gasteiger partial charge is 0.377 e. The van der Waals surface area contributed by atoms with Gasteiger partial charge in [0.05, 0.1) is 19.4 Å². The van der Waals surface area contributed by atoms with Crippen LogP contribution in [0.15, 0.2) is 28.9 Å². The highest BCUT2D eigenvalue weighted by molar-refractivity contribution is 5.64. The topological polar surface area (TPSA) is 112 Å². The Balaban J connectivity index is 1.85. The summed E-state index contributed by atoms with van der Waals surface area (Å²) in [6.07, 6.45) is 1.62. The number of imidazole rings is 1. The molecule has 0 saturated carbocycles. The van der Waals surface area contributed by atoms with E-state index in [9.17, 15) is 10.1 Å². The van der Waals surface area contributed by atoms with Gasteiger partial charge in [-0.1, -0.05) is 11.2 Å². The maximum Gasteiger partial charge on any atom is 0.372 e. The molecule has 1 saturated heterocycles. The van der Waals surface area contributed by atoms with Gasteiger partial charge in [-0.25, -0.2) is 0 Å². The van der Waals surface area contributed by atoms with E-state index in [1.165, 1.54) is 4.40 Å². The Labute approximate surface area is 135 Å². The number of hydrogen-bond acceptors (Lipinski definition) is 8. The van der Waals surface area contributed by atoms with Crippen molar-refractivity contribution in [3.8, 4) is 0 Å². The minimum absolute atomic E-state index is 0.0891. The normalized spacial score (nSPS) is 18.2. The van der Waals surface area contributed by atoms with Crippen molar-refractivity contribution >= 4 is 17.3 Å². The van der Waals surface area contributed by atoms with Crippen molar-refractivity contribution in [3.63, 3.8) is 0 Å². The second-order valence-electron chi connectivity index (χ2n) is 5.41. The predicted octanol–water partition coefficient (Wildman–Crippen LogP) is 1.51. The Hall–Kier alpha value is -3.01. The number of fused-ring (bicyclic) bond motifs is 1. The molecular formula is C14H14N6O4. The first-order valence-electron chi connectivity index (χ1n) is 7.41. The number of morpholine rings is 1. The number of hydrogen-bond donors (Lipinski definition) is 0. The smallest absolute Gasteiger partial charge is 0.372 e. The molecule has 0 aliphatic carbocycles. The van der Waals surface area contributed by atoms with Crippen molar-refractivity contribution in [3.05, 3.63) is 46.2 Å².